The summed E-state index contributed by atoms with van der Waals surface area (Å²) in [4.78, 5) is 22.9. The average molecular weight is 332 g/mol. The fraction of sp³-hybridized carbons (Fsp3) is 0.588. The molecule has 1 saturated carbocycles. The van der Waals surface area contributed by atoms with Crippen molar-refractivity contribution in [3.8, 4) is 0 Å². The van der Waals surface area contributed by atoms with E-state index in [0.717, 1.165) is 28.9 Å². The molecule has 1 amide bonds. The molecular formula is C17H24N4OS. The minimum absolute atomic E-state index is 0.0503. The van der Waals surface area contributed by atoms with Gasteiger partial charge < -0.3 is 10.6 Å². The van der Waals surface area contributed by atoms with E-state index in [-0.39, 0.29) is 12.5 Å². The summed E-state index contributed by atoms with van der Waals surface area (Å²) in [6.07, 6.45) is 10.1. The van der Waals surface area contributed by atoms with E-state index in [1.807, 2.05) is 0 Å². The van der Waals surface area contributed by atoms with Crippen LogP contribution in [0.2, 0.25) is 0 Å². The van der Waals surface area contributed by atoms with Crippen molar-refractivity contribution in [1.82, 2.24) is 15.3 Å². The molecule has 124 valence electrons. The number of amides is 1. The zero-order valence-corrected chi connectivity index (χ0v) is 14.4. The lowest BCUT2D eigenvalue weighted by atomic mass is 9.97. The van der Waals surface area contributed by atoms with E-state index in [4.69, 9.17) is 0 Å². The molecule has 1 fully saturated rings. The molecule has 5 nitrogen and oxygen atoms in total. The molecule has 2 N–H and O–H groups in total. The number of aryl methyl sites for hydroxylation is 1. The van der Waals surface area contributed by atoms with Crippen LogP contribution in [0.1, 0.15) is 49.8 Å². The molecule has 23 heavy (non-hydrogen) atoms. The Kier molecular flexibility index (Phi) is 5.43. The largest absolute Gasteiger partial charge is 0.360 e. The smallest absolute Gasteiger partial charge is 0.239 e. The highest BCUT2D eigenvalue weighted by Gasteiger charge is 2.14. The summed E-state index contributed by atoms with van der Waals surface area (Å²) in [6, 6.07) is 2.40. The number of rotatable bonds is 4. The van der Waals surface area contributed by atoms with Crippen LogP contribution >= 0.6 is 11.3 Å². The second-order valence-electron chi connectivity index (χ2n) is 6.26. The molecule has 1 aliphatic rings. The van der Waals surface area contributed by atoms with Crippen molar-refractivity contribution >= 4 is 33.3 Å². The van der Waals surface area contributed by atoms with Crippen molar-refractivity contribution in [2.24, 2.45) is 0 Å². The van der Waals surface area contributed by atoms with Crippen LogP contribution in [0, 0.1) is 6.92 Å². The Bertz CT molecular complexity index is 662. The predicted molar refractivity (Wildman–Crippen MR) is 94.9 cm³/mol. The number of aromatic nitrogens is 2. The Labute approximate surface area is 140 Å². The number of carbonyl (C=O) groups is 1. The van der Waals surface area contributed by atoms with E-state index in [2.05, 4.69) is 33.6 Å². The van der Waals surface area contributed by atoms with Gasteiger partial charge in [0.1, 0.15) is 17.0 Å². The number of nitrogens with zero attached hydrogens (tertiary/aromatic N) is 2. The predicted octanol–water partition coefficient (Wildman–Crippen LogP) is 3.64. The topological polar surface area (TPSA) is 66.9 Å². The highest BCUT2D eigenvalue weighted by atomic mass is 32.1. The van der Waals surface area contributed by atoms with Crippen LogP contribution in [0.4, 0.5) is 5.82 Å². The van der Waals surface area contributed by atoms with Gasteiger partial charge in [-0.1, -0.05) is 32.1 Å². The van der Waals surface area contributed by atoms with Crippen molar-refractivity contribution in [2.45, 2.75) is 57.9 Å². The SMILES string of the molecule is Cc1cc2c(NCC(=O)NC3CCCCCCC3)ncnc2s1. The lowest BCUT2D eigenvalue weighted by Gasteiger charge is -2.21. The van der Waals surface area contributed by atoms with Gasteiger partial charge in [-0.05, 0) is 25.8 Å². The molecule has 0 saturated heterocycles. The Morgan fingerprint density at radius 3 is 2.74 bits per heavy atom. The van der Waals surface area contributed by atoms with Crippen molar-refractivity contribution in [1.29, 1.82) is 0 Å². The van der Waals surface area contributed by atoms with E-state index >= 15 is 0 Å². The van der Waals surface area contributed by atoms with E-state index in [1.165, 1.54) is 37.0 Å². The van der Waals surface area contributed by atoms with Gasteiger partial charge in [-0.15, -0.1) is 11.3 Å². The maximum Gasteiger partial charge on any atom is 0.239 e. The quantitative estimate of drug-likeness (QED) is 0.897. The van der Waals surface area contributed by atoms with Crippen LogP contribution < -0.4 is 10.6 Å². The Morgan fingerprint density at radius 1 is 1.22 bits per heavy atom. The summed E-state index contributed by atoms with van der Waals surface area (Å²) in [5.74, 6) is 0.793. The number of anilines is 1. The Morgan fingerprint density at radius 2 is 1.96 bits per heavy atom. The molecule has 0 unspecified atom stereocenters. The van der Waals surface area contributed by atoms with Gasteiger partial charge in [0.25, 0.3) is 0 Å². The minimum Gasteiger partial charge on any atom is -0.360 e. The molecule has 0 radical (unpaired) electrons. The first kappa shape index (κ1) is 16.2. The van der Waals surface area contributed by atoms with Gasteiger partial charge >= 0.3 is 0 Å². The zero-order valence-electron chi connectivity index (χ0n) is 13.6. The minimum atomic E-state index is 0.0503. The van der Waals surface area contributed by atoms with Gasteiger partial charge in [0.05, 0.1) is 11.9 Å². The summed E-state index contributed by atoms with van der Waals surface area (Å²) < 4.78 is 0. The normalized spacial score (nSPS) is 16.7. The van der Waals surface area contributed by atoms with Crippen LogP contribution in [-0.4, -0.2) is 28.5 Å². The molecule has 0 spiro atoms. The average Bonchev–Trinajstić information content (AvgIpc) is 2.88. The molecule has 2 aromatic heterocycles. The first-order chi connectivity index (χ1) is 11.2. The summed E-state index contributed by atoms with van der Waals surface area (Å²) in [5.41, 5.74) is 0. The Hall–Kier alpha value is -1.69. The fourth-order valence-electron chi connectivity index (χ4n) is 3.16. The van der Waals surface area contributed by atoms with Crippen LogP contribution in [0.5, 0.6) is 0 Å². The third-order valence-corrected chi connectivity index (χ3v) is 5.30. The van der Waals surface area contributed by atoms with Gasteiger partial charge in [-0.25, -0.2) is 9.97 Å². The molecule has 2 aromatic rings. The number of nitrogens with one attached hydrogen (secondary N) is 2. The van der Waals surface area contributed by atoms with Gasteiger partial charge in [0.15, 0.2) is 0 Å². The van der Waals surface area contributed by atoms with Crippen LogP contribution in [0.3, 0.4) is 0 Å². The molecule has 6 heteroatoms. The lowest BCUT2D eigenvalue weighted by molar-refractivity contribution is -0.120. The standard InChI is InChI=1S/C17H24N4OS/c1-12-9-14-16(19-11-20-17(14)23-12)18-10-15(22)21-13-7-5-3-2-4-6-8-13/h9,11,13H,2-8,10H2,1H3,(H,21,22)(H,18,19,20). The molecule has 0 bridgehead atoms. The number of hydrogen-bond acceptors (Lipinski definition) is 5. The van der Waals surface area contributed by atoms with Crippen molar-refractivity contribution in [3.05, 3.63) is 17.3 Å². The highest BCUT2D eigenvalue weighted by molar-refractivity contribution is 7.18. The molecule has 0 aromatic carbocycles. The molecule has 1 aliphatic carbocycles. The monoisotopic (exact) mass is 332 g/mol. The van der Waals surface area contributed by atoms with Gasteiger partial charge in [-0.3, -0.25) is 4.79 Å². The van der Waals surface area contributed by atoms with Crippen LogP contribution in [0.15, 0.2) is 12.4 Å². The molecule has 3 rings (SSSR count). The Balaban J connectivity index is 1.55. The maximum absolute atomic E-state index is 12.2. The van der Waals surface area contributed by atoms with Crippen molar-refractivity contribution < 1.29 is 4.79 Å². The van der Waals surface area contributed by atoms with Gasteiger partial charge in [0.2, 0.25) is 5.91 Å². The second-order valence-corrected chi connectivity index (χ2v) is 7.50. The molecule has 0 aliphatic heterocycles. The van der Waals surface area contributed by atoms with E-state index in [1.54, 1.807) is 17.7 Å². The summed E-state index contributed by atoms with van der Waals surface area (Å²) in [5, 5.41) is 7.32. The summed E-state index contributed by atoms with van der Waals surface area (Å²) in [7, 11) is 0. The van der Waals surface area contributed by atoms with Crippen molar-refractivity contribution in [3.63, 3.8) is 0 Å². The summed E-state index contributed by atoms with van der Waals surface area (Å²) >= 11 is 1.64. The van der Waals surface area contributed by atoms with Crippen molar-refractivity contribution in [2.75, 3.05) is 11.9 Å². The fourth-order valence-corrected chi connectivity index (χ4v) is 4.01. The van der Waals surface area contributed by atoms with Crippen LogP contribution in [0.25, 0.3) is 10.2 Å². The van der Waals surface area contributed by atoms with Gasteiger partial charge in [-0.2, -0.15) is 0 Å². The maximum atomic E-state index is 12.2. The second kappa shape index (κ2) is 7.73. The first-order valence-electron chi connectivity index (χ1n) is 8.47. The molecule has 2 heterocycles. The summed E-state index contributed by atoms with van der Waals surface area (Å²) in [6.45, 7) is 2.31. The lowest BCUT2D eigenvalue weighted by Crippen LogP contribution is -2.38. The first-order valence-corrected chi connectivity index (χ1v) is 9.28. The zero-order chi connectivity index (χ0) is 16.1. The number of carbonyl (C=O) groups excluding carboxylic acids is 1. The van der Waals surface area contributed by atoms with E-state index in [0.29, 0.717) is 6.04 Å². The number of fused-ring (bicyclic) bond motifs is 1. The number of hydrogen-bond donors (Lipinski definition) is 2. The van der Waals surface area contributed by atoms with E-state index < -0.39 is 0 Å². The third-order valence-electron chi connectivity index (χ3n) is 4.34. The third kappa shape index (κ3) is 4.41. The van der Waals surface area contributed by atoms with Crippen LogP contribution in [-0.2, 0) is 4.79 Å². The molecule has 0 atom stereocenters. The highest BCUT2D eigenvalue weighted by Crippen LogP contribution is 2.27. The number of thiophene rings is 1. The van der Waals surface area contributed by atoms with E-state index in [9.17, 15) is 4.79 Å². The van der Waals surface area contributed by atoms with Gasteiger partial charge in [0, 0.05) is 10.9 Å². The molecular weight excluding hydrogens is 308 g/mol.